The Morgan fingerprint density at radius 2 is 1.80 bits per heavy atom. The van der Waals surface area contributed by atoms with Crippen LogP contribution < -0.4 is 5.32 Å². The van der Waals surface area contributed by atoms with E-state index in [1.54, 1.807) is 19.2 Å². The molecule has 0 bridgehead atoms. The molecule has 0 unspecified atom stereocenters. The molecule has 0 saturated carbocycles. The largest absolute Gasteiger partial charge is 0.356 e. The Morgan fingerprint density at radius 3 is 2.35 bits per heavy atom. The highest BCUT2D eigenvalue weighted by atomic mass is 16.1. The number of aromatic nitrogens is 1. The van der Waals surface area contributed by atoms with E-state index in [0.717, 1.165) is 16.8 Å². The van der Waals surface area contributed by atoms with Gasteiger partial charge in [0.2, 0.25) is 5.91 Å². The van der Waals surface area contributed by atoms with Crippen LogP contribution in [0.2, 0.25) is 0 Å². The van der Waals surface area contributed by atoms with Crippen molar-refractivity contribution in [3.05, 3.63) is 53.7 Å². The van der Waals surface area contributed by atoms with Gasteiger partial charge in [-0.15, -0.1) is 0 Å². The predicted octanol–water partition coefficient (Wildman–Crippen LogP) is 2.64. The van der Waals surface area contributed by atoms with Gasteiger partial charge >= 0.3 is 0 Å². The minimum Gasteiger partial charge on any atom is -0.356 e. The molecule has 0 spiro atoms. The van der Waals surface area contributed by atoms with E-state index in [2.05, 4.69) is 10.3 Å². The third-order valence-electron chi connectivity index (χ3n) is 2.96. The fourth-order valence-electron chi connectivity index (χ4n) is 1.80. The lowest BCUT2D eigenvalue weighted by atomic mass is 10.1. The molecule has 0 fully saturated rings. The van der Waals surface area contributed by atoms with Crippen molar-refractivity contribution in [2.45, 2.75) is 6.92 Å². The van der Waals surface area contributed by atoms with E-state index >= 15 is 0 Å². The summed E-state index contributed by atoms with van der Waals surface area (Å²) < 4.78 is 0. The van der Waals surface area contributed by atoms with Gasteiger partial charge in [-0.3, -0.25) is 9.59 Å². The Balaban J connectivity index is 2.17. The molecule has 2 N–H and O–H groups in total. The van der Waals surface area contributed by atoms with Crippen molar-refractivity contribution >= 4 is 17.8 Å². The third kappa shape index (κ3) is 3.23. The number of nitrogens with one attached hydrogen (secondary N) is 2. The van der Waals surface area contributed by atoms with E-state index < -0.39 is 0 Å². The van der Waals surface area contributed by atoms with Crippen molar-refractivity contribution in [3.63, 3.8) is 0 Å². The lowest BCUT2D eigenvalue weighted by molar-refractivity contribution is -0.115. The Hall–Kier alpha value is -2.62. The van der Waals surface area contributed by atoms with Crippen LogP contribution in [0, 0.1) is 0 Å². The maximum Gasteiger partial charge on any atom is 0.243 e. The zero-order valence-electron chi connectivity index (χ0n) is 11.4. The minimum absolute atomic E-state index is 0.0152. The van der Waals surface area contributed by atoms with Crippen LogP contribution >= 0.6 is 0 Å². The van der Waals surface area contributed by atoms with Crippen LogP contribution in [-0.4, -0.2) is 23.7 Å². The topological polar surface area (TPSA) is 62.0 Å². The molecule has 2 aromatic rings. The first-order valence-electron chi connectivity index (χ1n) is 6.30. The quantitative estimate of drug-likeness (QED) is 0.661. The number of benzene rings is 1. The molecule has 1 aromatic heterocycles. The average molecular weight is 268 g/mol. The zero-order valence-corrected chi connectivity index (χ0v) is 11.4. The normalized spacial score (nSPS) is 10.7. The van der Waals surface area contributed by atoms with Crippen LogP contribution in [-0.2, 0) is 4.79 Å². The molecule has 102 valence electrons. The molecular weight excluding hydrogens is 252 g/mol. The molecule has 1 heterocycles. The number of aromatic amines is 1. The molecule has 0 aliphatic rings. The predicted molar refractivity (Wildman–Crippen MR) is 79.3 cm³/mol. The molecular formula is C16H16N2O2. The molecule has 2 rings (SSSR count). The number of hydrogen-bond donors (Lipinski definition) is 2. The average Bonchev–Trinajstić information content (AvgIpc) is 2.95. The summed E-state index contributed by atoms with van der Waals surface area (Å²) in [5, 5.41) is 2.52. The summed E-state index contributed by atoms with van der Waals surface area (Å²) in [6, 6.07) is 11.4. The zero-order chi connectivity index (χ0) is 14.5. The summed E-state index contributed by atoms with van der Waals surface area (Å²) in [7, 11) is 1.59. The van der Waals surface area contributed by atoms with Crippen molar-refractivity contribution in [3.8, 4) is 11.3 Å². The lowest BCUT2D eigenvalue weighted by Crippen LogP contribution is -2.13. The van der Waals surface area contributed by atoms with Crippen LogP contribution in [0.5, 0.6) is 0 Å². The number of hydrogen-bond acceptors (Lipinski definition) is 2. The summed E-state index contributed by atoms with van der Waals surface area (Å²) in [5.41, 5.74) is 3.44. The number of carbonyl (C=O) groups excluding carboxylic acids is 2. The number of H-pyrrole nitrogens is 1. The third-order valence-corrected chi connectivity index (χ3v) is 2.96. The van der Waals surface area contributed by atoms with Crippen LogP contribution in [0.1, 0.15) is 23.0 Å². The van der Waals surface area contributed by atoms with Gasteiger partial charge in [0, 0.05) is 25.7 Å². The summed E-state index contributed by atoms with van der Waals surface area (Å²) in [5.74, 6) is -0.120. The number of carbonyl (C=O) groups is 2. The molecule has 0 radical (unpaired) electrons. The summed E-state index contributed by atoms with van der Waals surface area (Å²) in [4.78, 5) is 25.4. The molecule has 20 heavy (non-hydrogen) atoms. The highest BCUT2D eigenvalue weighted by Gasteiger charge is 2.04. The van der Waals surface area contributed by atoms with Crippen LogP contribution in [0.4, 0.5) is 0 Å². The summed E-state index contributed by atoms with van der Waals surface area (Å²) in [6.45, 7) is 1.53. The second kappa shape index (κ2) is 6.02. The van der Waals surface area contributed by atoms with Gasteiger partial charge in [-0.25, -0.2) is 0 Å². The Labute approximate surface area is 117 Å². The Morgan fingerprint density at radius 1 is 1.10 bits per heavy atom. The number of rotatable bonds is 4. The molecule has 0 atom stereocenters. The van der Waals surface area contributed by atoms with Crippen molar-refractivity contribution in [2.24, 2.45) is 0 Å². The standard InChI is InChI=1S/C16H16N2O2/c1-11(19)14-8-9-15(18-14)13-6-3-12(4-7-13)5-10-16(20)17-2/h3-10,18H,1-2H3,(H,17,20)/b10-5+. The highest BCUT2D eigenvalue weighted by molar-refractivity contribution is 5.93. The van der Waals surface area contributed by atoms with Gasteiger partial charge in [0.1, 0.15) is 0 Å². The summed E-state index contributed by atoms with van der Waals surface area (Å²) in [6.07, 6.45) is 3.23. The van der Waals surface area contributed by atoms with E-state index in [-0.39, 0.29) is 11.7 Å². The SMILES string of the molecule is CNC(=O)/C=C/c1ccc(-c2ccc(C(C)=O)[nH]2)cc1. The lowest BCUT2D eigenvalue weighted by Gasteiger charge is -1.99. The molecule has 0 aliphatic heterocycles. The molecule has 4 nitrogen and oxygen atoms in total. The number of ketones is 1. The van der Waals surface area contributed by atoms with Gasteiger partial charge in [0.15, 0.2) is 5.78 Å². The van der Waals surface area contributed by atoms with Gasteiger partial charge in [-0.1, -0.05) is 24.3 Å². The maximum absolute atomic E-state index is 11.2. The Kier molecular flexibility index (Phi) is 4.15. The number of amides is 1. The molecule has 0 aliphatic carbocycles. The van der Waals surface area contributed by atoms with E-state index in [1.807, 2.05) is 30.3 Å². The van der Waals surface area contributed by atoms with E-state index in [9.17, 15) is 9.59 Å². The van der Waals surface area contributed by atoms with E-state index in [4.69, 9.17) is 0 Å². The summed E-state index contributed by atoms with van der Waals surface area (Å²) >= 11 is 0. The fourth-order valence-corrected chi connectivity index (χ4v) is 1.80. The van der Waals surface area contributed by atoms with Gasteiger partial charge in [0.25, 0.3) is 0 Å². The van der Waals surface area contributed by atoms with Gasteiger partial charge in [0.05, 0.1) is 5.69 Å². The van der Waals surface area contributed by atoms with Crippen molar-refractivity contribution in [1.82, 2.24) is 10.3 Å². The first-order valence-corrected chi connectivity index (χ1v) is 6.30. The van der Waals surface area contributed by atoms with E-state index in [0.29, 0.717) is 5.69 Å². The monoisotopic (exact) mass is 268 g/mol. The van der Waals surface area contributed by atoms with Crippen LogP contribution in [0.15, 0.2) is 42.5 Å². The molecule has 0 saturated heterocycles. The van der Waals surface area contributed by atoms with Gasteiger partial charge < -0.3 is 10.3 Å². The fraction of sp³-hybridized carbons (Fsp3) is 0.125. The van der Waals surface area contributed by atoms with E-state index in [1.165, 1.54) is 13.0 Å². The highest BCUT2D eigenvalue weighted by Crippen LogP contribution is 2.19. The van der Waals surface area contributed by atoms with Crippen molar-refractivity contribution < 1.29 is 9.59 Å². The first-order chi connectivity index (χ1) is 9.60. The Bertz CT molecular complexity index is 651. The number of likely N-dealkylation sites (N-methyl/N-ethyl adjacent to an activating group) is 1. The first kappa shape index (κ1) is 13.8. The second-order valence-electron chi connectivity index (χ2n) is 4.41. The molecule has 4 heteroatoms. The molecule has 1 aromatic carbocycles. The second-order valence-corrected chi connectivity index (χ2v) is 4.41. The van der Waals surface area contributed by atoms with Crippen LogP contribution in [0.25, 0.3) is 17.3 Å². The molecule has 1 amide bonds. The van der Waals surface area contributed by atoms with Gasteiger partial charge in [-0.2, -0.15) is 0 Å². The van der Waals surface area contributed by atoms with Crippen molar-refractivity contribution in [2.75, 3.05) is 7.05 Å². The van der Waals surface area contributed by atoms with Crippen molar-refractivity contribution in [1.29, 1.82) is 0 Å². The minimum atomic E-state index is -0.135. The van der Waals surface area contributed by atoms with Crippen LogP contribution in [0.3, 0.4) is 0 Å². The maximum atomic E-state index is 11.2. The smallest absolute Gasteiger partial charge is 0.243 e. The number of Topliss-reactive ketones (excluding diaryl/α,β-unsaturated/α-hetero) is 1. The van der Waals surface area contributed by atoms with Gasteiger partial charge in [-0.05, 0) is 29.3 Å².